The molecule has 0 atom stereocenters. The van der Waals surface area contributed by atoms with Crippen molar-refractivity contribution in [1.82, 2.24) is 9.97 Å². The number of benzene rings is 2. The highest BCUT2D eigenvalue weighted by Gasteiger charge is 2.12. The Labute approximate surface area is 177 Å². The molecule has 2 heterocycles. The number of anilines is 1. The fourth-order valence-corrected chi connectivity index (χ4v) is 3.61. The van der Waals surface area contributed by atoms with Crippen LogP contribution in [0, 0.1) is 6.92 Å². The van der Waals surface area contributed by atoms with E-state index in [0.717, 1.165) is 4.90 Å². The molecular weight excluding hydrogens is 402 g/mol. The van der Waals surface area contributed by atoms with Crippen LogP contribution in [0.15, 0.2) is 63.2 Å². The maximum absolute atomic E-state index is 12.0. The van der Waals surface area contributed by atoms with E-state index in [4.69, 9.17) is 15.2 Å². The van der Waals surface area contributed by atoms with Crippen LogP contribution in [0.1, 0.15) is 11.3 Å². The highest BCUT2D eigenvalue weighted by atomic mass is 32.2. The summed E-state index contributed by atoms with van der Waals surface area (Å²) >= 11 is 1.60. The molecule has 0 fully saturated rings. The normalized spacial score (nSPS) is 13.2. The van der Waals surface area contributed by atoms with E-state index in [9.17, 15) is 4.79 Å². The number of aromatic nitrogens is 2. The lowest BCUT2D eigenvalue weighted by Crippen LogP contribution is -2.23. The van der Waals surface area contributed by atoms with Crippen molar-refractivity contribution in [3.8, 4) is 11.5 Å². The largest absolute Gasteiger partial charge is 0.486 e. The van der Waals surface area contributed by atoms with Crippen molar-refractivity contribution in [1.29, 1.82) is 0 Å². The third kappa shape index (κ3) is 5.12. The van der Waals surface area contributed by atoms with Crippen molar-refractivity contribution in [3.63, 3.8) is 0 Å². The summed E-state index contributed by atoms with van der Waals surface area (Å²) in [5, 5.41) is 2.97. The van der Waals surface area contributed by atoms with Gasteiger partial charge in [-0.3, -0.25) is 9.78 Å². The lowest BCUT2D eigenvalue weighted by atomic mass is 10.2. The molecule has 1 aromatic heterocycles. The van der Waals surface area contributed by atoms with Crippen LogP contribution < -0.4 is 26.1 Å². The lowest BCUT2D eigenvalue weighted by Gasteiger charge is -2.19. The maximum Gasteiger partial charge on any atom is 0.252 e. The summed E-state index contributed by atoms with van der Waals surface area (Å²) in [6, 6.07) is 15.0. The van der Waals surface area contributed by atoms with Gasteiger partial charge in [0.1, 0.15) is 13.2 Å². The predicted octanol–water partition coefficient (Wildman–Crippen LogP) is 3.20. The van der Waals surface area contributed by atoms with Gasteiger partial charge in [0.05, 0.1) is 5.69 Å². The Bertz CT molecular complexity index is 1130. The Morgan fingerprint density at radius 1 is 1.17 bits per heavy atom. The molecule has 30 heavy (non-hydrogen) atoms. The number of nitrogens with one attached hydrogen (secondary N) is 2. The lowest BCUT2D eigenvalue weighted by molar-refractivity contribution is 0.171. The van der Waals surface area contributed by atoms with E-state index in [1.54, 1.807) is 30.0 Å². The standard InChI is InChI=1S/C21H21N5O3S/c1-13-2-5-16(6-3-13)30-12-15-11-19(27)25-21(24-15)26-20(22)23-14-4-7-17-18(10-14)29-9-8-28-17/h2-7,10-11H,8-9,12H2,1H3,(H4,22,23,24,25,26,27). The molecule has 1 aliphatic rings. The molecule has 8 nitrogen and oxygen atoms in total. The number of thioether (sulfide) groups is 1. The smallest absolute Gasteiger partial charge is 0.252 e. The molecule has 0 unspecified atom stereocenters. The van der Waals surface area contributed by atoms with Crippen molar-refractivity contribution in [2.45, 2.75) is 17.6 Å². The number of rotatable bonds is 5. The molecule has 0 radical (unpaired) electrons. The van der Waals surface area contributed by atoms with Gasteiger partial charge in [-0.1, -0.05) is 17.7 Å². The maximum atomic E-state index is 12.0. The number of aliphatic imine (C=N–C) groups is 1. The molecule has 4 rings (SSSR count). The summed E-state index contributed by atoms with van der Waals surface area (Å²) in [5.41, 5.74) is 8.22. The fraction of sp³-hybridized carbons (Fsp3) is 0.190. The molecule has 154 valence electrons. The van der Waals surface area contributed by atoms with Crippen molar-refractivity contribution in [2.75, 3.05) is 18.5 Å². The monoisotopic (exact) mass is 423 g/mol. The summed E-state index contributed by atoms with van der Waals surface area (Å²) in [6.07, 6.45) is 0. The van der Waals surface area contributed by atoms with Gasteiger partial charge in [-0.05, 0) is 31.2 Å². The number of nitrogens with zero attached hydrogens (tertiary/aromatic N) is 2. The number of aryl methyl sites for hydroxylation is 1. The van der Waals surface area contributed by atoms with Gasteiger partial charge in [0, 0.05) is 28.5 Å². The number of H-pyrrole nitrogens is 1. The van der Waals surface area contributed by atoms with Crippen molar-refractivity contribution < 1.29 is 9.47 Å². The van der Waals surface area contributed by atoms with Gasteiger partial charge in [-0.15, -0.1) is 11.8 Å². The quantitative estimate of drug-likeness (QED) is 0.328. The van der Waals surface area contributed by atoms with Crippen molar-refractivity contribution in [2.24, 2.45) is 10.7 Å². The summed E-state index contributed by atoms with van der Waals surface area (Å²) in [6.45, 7) is 3.07. The van der Waals surface area contributed by atoms with Gasteiger partial charge in [0.25, 0.3) is 5.56 Å². The first kappa shape index (κ1) is 19.8. The Balaban J connectivity index is 1.45. The van der Waals surface area contributed by atoms with Gasteiger partial charge >= 0.3 is 0 Å². The van der Waals surface area contributed by atoms with E-state index in [2.05, 4.69) is 20.3 Å². The minimum Gasteiger partial charge on any atom is -0.486 e. The van der Waals surface area contributed by atoms with Gasteiger partial charge in [-0.2, -0.15) is 4.99 Å². The highest BCUT2D eigenvalue weighted by Crippen LogP contribution is 2.32. The number of hydrogen-bond acceptors (Lipinski definition) is 6. The number of fused-ring (bicyclic) bond motifs is 1. The van der Waals surface area contributed by atoms with Crippen molar-refractivity contribution >= 4 is 29.4 Å². The van der Waals surface area contributed by atoms with E-state index in [1.165, 1.54) is 11.6 Å². The second-order valence-electron chi connectivity index (χ2n) is 6.64. The Kier molecular flexibility index (Phi) is 5.89. The van der Waals surface area contributed by atoms with Gasteiger partial charge < -0.3 is 20.5 Å². The van der Waals surface area contributed by atoms with Crippen molar-refractivity contribution in [3.05, 3.63) is 70.1 Å². The number of nitrogens with two attached hydrogens (primary N) is 1. The predicted molar refractivity (Wildman–Crippen MR) is 118 cm³/mol. The second-order valence-corrected chi connectivity index (χ2v) is 7.69. The van der Waals surface area contributed by atoms with Crippen LogP contribution in [0.2, 0.25) is 0 Å². The van der Waals surface area contributed by atoms with Gasteiger partial charge in [0.2, 0.25) is 11.9 Å². The molecule has 3 aromatic rings. The van der Waals surface area contributed by atoms with Gasteiger partial charge in [0.15, 0.2) is 11.5 Å². The second kappa shape index (κ2) is 8.91. The first-order valence-corrected chi connectivity index (χ1v) is 10.3. The average Bonchev–Trinajstić information content (AvgIpc) is 2.73. The summed E-state index contributed by atoms with van der Waals surface area (Å²) in [4.78, 5) is 24.3. The number of guanidine groups is 1. The molecule has 9 heteroatoms. The molecular formula is C21H21N5O3S. The van der Waals surface area contributed by atoms with Gasteiger partial charge in [-0.25, -0.2) is 4.98 Å². The van der Waals surface area contributed by atoms with Crippen LogP contribution in [0.3, 0.4) is 0 Å². The average molecular weight is 423 g/mol. The summed E-state index contributed by atoms with van der Waals surface area (Å²) < 4.78 is 11.1. The Hall–Kier alpha value is -3.46. The first-order valence-electron chi connectivity index (χ1n) is 9.36. The minimum atomic E-state index is -0.282. The first-order chi connectivity index (χ1) is 14.5. The molecule has 0 spiro atoms. The minimum absolute atomic E-state index is 0.0955. The topological polar surface area (TPSA) is 115 Å². The molecule has 0 saturated carbocycles. The van der Waals surface area contributed by atoms with E-state index < -0.39 is 0 Å². The number of ether oxygens (including phenoxy) is 2. The van der Waals surface area contributed by atoms with E-state index in [1.807, 2.05) is 31.2 Å². The Morgan fingerprint density at radius 2 is 1.93 bits per heavy atom. The van der Waals surface area contributed by atoms with Crippen LogP contribution in [0.25, 0.3) is 0 Å². The zero-order valence-electron chi connectivity index (χ0n) is 16.3. The molecule has 0 amide bonds. The zero-order valence-corrected chi connectivity index (χ0v) is 17.2. The molecule has 1 aliphatic heterocycles. The Morgan fingerprint density at radius 3 is 2.73 bits per heavy atom. The fourth-order valence-electron chi connectivity index (χ4n) is 2.82. The van der Waals surface area contributed by atoms with E-state index in [0.29, 0.717) is 41.8 Å². The molecule has 0 bridgehead atoms. The van der Waals surface area contributed by atoms with Crippen LogP contribution in [0.5, 0.6) is 11.5 Å². The summed E-state index contributed by atoms with van der Waals surface area (Å²) in [7, 11) is 0. The molecule has 0 aliphatic carbocycles. The molecule has 2 aromatic carbocycles. The van der Waals surface area contributed by atoms with Crippen LogP contribution in [-0.4, -0.2) is 29.1 Å². The number of hydrogen-bond donors (Lipinski definition) is 3. The van der Waals surface area contributed by atoms with E-state index in [-0.39, 0.29) is 17.5 Å². The summed E-state index contributed by atoms with van der Waals surface area (Å²) in [5.74, 6) is 2.11. The SMILES string of the molecule is Cc1ccc(SCc2cc(=O)[nH]c(/N=C(\N)Nc3ccc4c(c3)OCCO4)n2)cc1. The third-order valence-electron chi connectivity index (χ3n) is 4.23. The van der Waals surface area contributed by atoms with Crippen LogP contribution in [0.4, 0.5) is 11.6 Å². The zero-order chi connectivity index (χ0) is 20.9. The molecule has 0 saturated heterocycles. The molecule has 4 N–H and O–H groups in total. The number of aromatic amines is 1. The van der Waals surface area contributed by atoms with E-state index >= 15 is 0 Å². The third-order valence-corrected chi connectivity index (χ3v) is 5.28. The van der Waals surface area contributed by atoms with Crippen LogP contribution >= 0.6 is 11.8 Å². The van der Waals surface area contributed by atoms with Crippen LogP contribution in [-0.2, 0) is 5.75 Å². The highest BCUT2D eigenvalue weighted by molar-refractivity contribution is 7.98.